The van der Waals surface area contributed by atoms with Crippen LogP contribution in [0.5, 0.6) is 0 Å². The molecule has 3 rings (SSSR count). The average molecular weight is 363 g/mol. The molecule has 1 aromatic heterocycles. The van der Waals surface area contributed by atoms with Gasteiger partial charge in [-0.05, 0) is 37.0 Å². The van der Waals surface area contributed by atoms with Crippen LogP contribution in [-0.4, -0.2) is 28.1 Å². The minimum atomic E-state index is -0.0840. The van der Waals surface area contributed by atoms with Crippen LogP contribution in [0.15, 0.2) is 54.7 Å². The van der Waals surface area contributed by atoms with Gasteiger partial charge in [-0.25, -0.2) is 4.68 Å². The molecule has 0 aliphatic heterocycles. The van der Waals surface area contributed by atoms with Crippen molar-refractivity contribution in [3.05, 3.63) is 65.9 Å². The number of benzene rings is 2. The Morgan fingerprint density at radius 1 is 1.11 bits per heavy atom. The molecule has 0 spiro atoms. The first kappa shape index (κ1) is 18.8. The van der Waals surface area contributed by atoms with Gasteiger partial charge in [0.2, 0.25) is 11.8 Å². The van der Waals surface area contributed by atoms with Crippen LogP contribution in [0.1, 0.15) is 48.0 Å². The summed E-state index contributed by atoms with van der Waals surface area (Å²) in [6.07, 6.45) is 2.85. The molecule has 27 heavy (non-hydrogen) atoms. The average Bonchev–Trinajstić information content (AvgIpc) is 3.09. The van der Waals surface area contributed by atoms with Gasteiger partial charge >= 0.3 is 0 Å². The predicted octanol–water partition coefficient (Wildman–Crippen LogP) is 4.08. The summed E-state index contributed by atoms with van der Waals surface area (Å²) in [4.78, 5) is 24.5. The second-order valence-corrected chi connectivity index (χ2v) is 6.98. The lowest BCUT2D eigenvalue weighted by molar-refractivity contribution is -0.121. The van der Waals surface area contributed by atoms with E-state index in [1.165, 1.54) is 10.2 Å². The molecule has 140 valence electrons. The quantitative estimate of drug-likeness (QED) is 0.688. The van der Waals surface area contributed by atoms with Crippen LogP contribution in [0.2, 0.25) is 0 Å². The van der Waals surface area contributed by atoms with E-state index < -0.39 is 0 Å². The molecule has 0 saturated heterocycles. The van der Waals surface area contributed by atoms with E-state index in [-0.39, 0.29) is 17.7 Å². The minimum absolute atomic E-state index is 0.0217. The van der Waals surface area contributed by atoms with E-state index in [0.717, 1.165) is 16.5 Å². The maximum absolute atomic E-state index is 12.4. The van der Waals surface area contributed by atoms with E-state index in [1.807, 2.05) is 43.3 Å². The molecule has 0 aliphatic carbocycles. The number of fused-ring (bicyclic) bond motifs is 1. The lowest BCUT2D eigenvalue weighted by Gasteiger charge is -2.13. The Kier molecular flexibility index (Phi) is 6.01. The van der Waals surface area contributed by atoms with E-state index in [9.17, 15) is 9.59 Å². The fraction of sp³-hybridized carbons (Fsp3) is 0.318. The molecule has 1 N–H and O–H groups in total. The van der Waals surface area contributed by atoms with E-state index in [0.29, 0.717) is 25.8 Å². The largest absolute Gasteiger partial charge is 0.356 e. The van der Waals surface area contributed by atoms with Crippen molar-refractivity contribution in [3.63, 3.8) is 0 Å². The molecular weight excluding hydrogens is 338 g/mol. The zero-order valence-corrected chi connectivity index (χ0v) is 15.8. The van der Waals surface area contributed by atoms with Gasteiger partial charge in [0, 0.05) is 24.8 Å². The van der Waals surface area contributed by atoms with Gasteiger partial charge in [-0.1, -0.05) is 48.9 Å². The van der Waals surface area contributed by atoms with Crippen molar-refractivity contribution in [1.82, 2.24) is 15.1 Å². The van der Waals surface area contributed by atoms with Crippen LogP contribution in [0.3, 0.4) is 0 Å². The fourth-order valence-electron chi connectivity index (χ4n) is 3.11. The molecule has 0 fully saturated rings. The first-order chi connectivity index (χ1) is 13.0. The number of rotatable bonds is 7. The van der Waals surface area contributed by atoms with Crippen LogP contribution in [-0.2, 0) is 4.79 Å². The highest BCUT2D eigenvalue weighted by atomic mass is 16.2. The number of amides is 1. The highest BCUT2D eigenvalue weighted by molar-refractivity contribution is 5.91. The molecule has 5 nitrogen and oxygen atoms in total. The molecule has 1 atom stereocenters. The van der Waals surface area contributed by atoms with Crippen molar-refractivity contribution in [3.8, 4) is 0 Å². The van der Waals surface area contributed by atoms with Crippen LogP contribution in [0.4, 0.5) is 0 Å². The number of carbonyl (C=O) groups is 2. The maximum Gasteiger partial charge on any atom is 0.247 e. The Balaban J connectivity index is 1.44. The van der Waals surface area contributed by atoms with Crippen molar-refractivity contribution in [2.45, 2.75) is 39.0 Å². The van der Waals surface area contributed by atoms with Crippen molar-refractivity contribution in [2.75, 3.05) is 6.54 Å². The second-order valence-electron chi connectivity index (χ2n) is 6.98. The van der Waals surface area contributed by atoms with Crippen molar-refractivity contribution >= 4 is 22.7 Å². The monoisotopic (exact) mass is 363 g/mol. The van der Waals surface area contributed by atoms with Gasteiger partial charge in [0.05, 0.1) is 11.7 Å². The van der Waals surface area contributed by atoms with Gasteiger partial charge in [-0.15, -0.1) is 0 Å². The summed E-state index contributed by atoms with van der Waals surface area (Å²) in [5.74, 6) is 0.154. The molecule has 0 radical (unpaired) electrons. The van der Waals surface area contributed by atoms with Gasteiger partial charge in [0.25, 0.3) is 0 Å². The Hall–Kier alpha value is -2.95. The third-order valence-electron chi connectivity index (χ3n) is 4.73. The summed E-state index contributed by atoms with van der Waals surface area (Å²) in [5, 5.41) is 8.10. The van der Waals surface area contributed by atoms with E-state index >= 15 is 0 Å². The molecule has 0 unspecified atom stereocenters. The number of carbonyl (C=O) groups excluding carboxylic acids is 2. The highest BCUT2D eigenvalue weighted by Gasteiger charge is 2.12. The Morgan fingerprint density at radius 2 is 1.89 bits per heavy atom. The molecule has 2 aromatic carbocycles. The van der Waals surface area contributed by atoms with Gasteiger partial charge in [-0.2, -0.15) is 5.10 Å². The number of aromatic nitrogens is 2. The molecule has 0 bridgehead atoms. The van der Waals surface area contributed by atoms with Crippen LogP contribution in [0.25, 0.3) is 10.9 Å². The van der Waals surface area contributed by atoms with Crippen molar-refractivity contribution in [2.24, 2.45) is 0 Å². The molecule has 0 saturated carbocycles. The van der Waals surface area contributed by atoms with Gasteiger partial charge in [0.15, 0.2) is 0 Å². The molecule has 1 heterocycles. The summed E-state index contributed by atoms with van der Waals surface area (Å²) < 4.78 is 1.43. The summed E-state index contributed by atoms with van der Waals surface area (Å²) in [7, 11) is 0. The second kappa shape index (κ2) is 8.62. The van der Waals surface area contributed by atoms with Gasteiger partial charge in [0.1, 0.15) is 0 Å². The van der Waals surface area contributed by atoms with Crippen molar-refractivity contribution in [1.29, 1.82) is 0 Å². The molecule has 3 aromatic rings. The van der Waals surface area contributed by atoms with Crippen LogP contribution in [0, 0.1) is 6.92 Å². The van der Waals surface area contributed by atoms with E-state index in [2.05, 4.69) is 29.5 Å². The first-order valence-electron chi connectivity index (χ1n) is 9.34. The molecular formula is C22H25N3O2. The third-order valence-corrected chi connectivity index (χ3v) is 4.73. The number of aryl methyl sites for hydroxylation is 1. The van der Waals surface area contributed by atoms with Crippen LogP contribution < -0.4 is 5.32 Å². The Bertz CT molecular complexity index is 931. The molecule has 5 heteroatoms. The smallest absolute Gasteiger partial charge is 0.247 e. The molecule has 1 amide bonds. The summed E-state index contributed by atoms with van der Waals surface area (Å²) in [6, 6.07) is 16.0. The number of nitrogens with zero attached hydrogens (tertiary/aromatic N) is 2. The van der Waals surface area contributed by atoms with Gasteiger partial charge in [-0.3, -0.25) is 9.59 Å². The lowest BCUT2D eigenvalue weighted by atomic mass is 10.0. The Morgan fingerprint density at radius 3 is 2.67 bits per heavy atom. The number of hydrogen-bond acceptors (Lipinski definition) is 3. The lowest BCUT2D eigenvalue weighted by Crippen LogP contribution is -2.27. The van der Waals surface area contributed by atoms with Gasteiger partial charge < -0.3 is 5.32 Å². The zero-order valence-electron chi connectivity index (χ0n) is 15.8. The SMILES string of the molecule is Cc1ccc2c(cnn2C(=O)CCCC(=O)NC[C@@H](C)c2ccccc2)c1. The van der Waals surface area contributed by atoms with E-state index in [4.69, 9.17) is 0 Å². The molecule has 0 aliphatic rings. The first-order valence-corrected chi connectivity index (χ1v) is 9.34. The summed E-state index contributed by atoms with van der Waals surface area (Å²) in [6.45, 7) is 4.69. The number of nitrogens with one attached hydrogen (secondary N) is 1. The minimum Gasteiger partial charge on any atom is -0.356 e. The number of hydrogen-bond donors (Lipinski definition) is 1. The van der Waals surface area contributed by atoms with Crippen LogP contribution >= 0.6 is 0 Å². The Labute approximate surface area is 159 Å². The zero-order chi connectivity index (χ0) is 19.2. The normalized spacial score (nSPS) is 12.1. The standard InChI is InChI=1S/C22H25N3O2/c1-16-11-12-20-19(13-16)15-24-25(20)22(27)10-6-9-21(26)23-14-17(2)18-7-4-3-5-8-18/h3-5,7-8,11-13,15,17H,6,9-10,14H2,1-2H3,(H,23,26)/t17-/m1/s1. The topological polar surface area (TPSA) is 64.0 Å². The third kappa shape index (κ3) is 4.82. The van der Waals surface area contributed by atoms with E-state index in [1.54, 1.807) is 6.20 Å². The summed E-state index contributed by atoms with van der Waals surface area (Å²) >= 11 is 0. The van der Waals surface area contributed by atoms with Crippen molar-refractivity contribution < 1.29 is 9.59 Å². The maximum atomic E-state index is 12.4. The highest BCUT2D eigenvalue weighted by Crippen LogP contribution is 2.16. The predicted molar refractivity (Wildman–Crippen MR) is 107 cm³/mol. The summed E-state index contributed by atoms with van der Waals surface area (Å²) in [5.41, 5.74) is 3.15. The fourth-order valence-corrected chi connectivity index (χ4v) is 3.11.